The van der Waals surface area contributed by atoms with Crippen molar-refractivity contribution in [1.29, 1.82) is 0 Å². The highest BCUT2D eigenvalue weighted by molar-refractivity contribution is 6.03. The van der Waals surface area contributed by atoms with Crippen LogP contribution < -0.4 is 14.2 Å². The first-order valence-corrected chi connectivity index (χ1v) is 8.79. The number of nitrogens with zero attached hydrogens (tertiary/aromatic N) is 1. The third-order valence-electron chi connectivity index (χ3n) is 4.91. The van der Waals surface area contributed by atoms with Crippen molar-refractivity contribution >= 4 is 5.78 Å². The first-order valence-electron chi connectivity index (χ1n) is 8.79. The predicted molar refractivity (Wildman–Crippen MR) is 95.9 cm³/mol. The van der Waals surface area contributed by atoms with Gasteiger partial charge in [0.15, 0.2) is 17.3 Å². The minimum absolute atomic E-state index is 0.0129. The number of carbonyl (C=O) groups excluding carboxylic acids is 1. The van der Waals surface area contributed by atoms with E-state index in [0.29, 0.717) is 29.2 Å². The molecule has 0 radical (unpaired) electrons. The largest absolute Gasteiger partial charge is 0.493 e. The molecule has 6 heteroatoms. The number of Topliss-reactive ketones (excluding diaryl/α,β-unsaturated/α-hetero) is 1. The smallest absolute Gasteiger partial charge is 0.204 e. The molecule has 0 aliphatic carbocycles. The number of hydrogen-bond donors (Lipinski definition) is 1. The number of carbonyl (C=O) groups is 1. The van der Waals surface area contributed by atoms with Gasteiger partial charge in [-0.3, -0.25) is 9.69 Å². The van der Waals surface area contributed by atoms with Crippen LogP contribution in [0.2, 0.25) is 0 Å². The Morgan fingerprint density at radius 2 is 1.96 bits per heavy atom. The fourth-order valence-electron chi connectivity index (χ4n) is 3.61. The molecule has 0 aromatic heterocycles. The van der Waals surface area contributed by atoms with E-state index < -0.39 is 0 Å². The normalized spacial score (nSPS) is 19.3. The third kappa shape index (κ3) is 4.07. The number of ether oxygens (including phenoxy) is 3. The number of benzene rings is 1. The topological polar surface area (TPSA) is 68.2 Å². The lowest BCUT2D eigenvalue weighted by molar-refractivity contribution is 0.0626. The van der Waals surface area contributed by atoms with Gasteiger partial charge in [0.2, 0.25) is 5.75 Å². The molecule has 0 bridgehead atoms. The molecule has 1 aliphatic heterocycles. The summed E-state index contributed by atoms with van der Waals surface area (Å²) in [6.45, 7) is 3.80. The molecule has 1 fully saturated rings. The first kappa shape index (κ1) is 19.5. The molecule has 140 valence electrons. The van der Waals surface area contributed by atoms with Crippen LogP contribution in [0.15, 0.2) is 12.1 Å². The lowest BCUT2D eigenvalue weighted by atomic mass is 9.93. The molecule has 0 saturated carbocycles. The average Bonchev–Trinajstić information content (AvgIpc) is 2.67. The maximum absolute atomic E-state index is 13.2. The van der Waals surface area contributed by atoms with Crippen LogP contribution >= 0.6 is 0 Å². The number of ketones is 1. The van der Waals surface area contributed by atoms with Crippen molar-refractivity contribution in [3.05, 3.63) is 17.7 Å². The van der Waals surface area contributed by atoms with Gasteiger partial charge in [0, 0.05) is 13.2 Å². The number of aliphatic hydroxyl groups is 1. The average molecular weight is 351 g/mol. The maximum atomic E-state index is 13.2. The second-order valence-corrected chi connectivity index (χ2v) is 6.36. The number of piperidine rings is 1. The standard InChI is InChI=1S/C19H29NO5/c1-5-15(20-10-6-7-13(11-20)12-21)17(22)14-8-9-16(23-2)19(25-4)18(14)24-3/h8-9,13,15,21H,5-7,10-12H2,1-4H3. The zero-order valence-electron chi connectivity index (χ0n) is 15.6. The highest BCUT2D eigenvalue weighted by atomic mass is 16.5. The minimum atomic E-state index is -0.235. The van der Waals surface area contributed by atoms with E-state index in [2.05, 4.69) is 4.90 Å². The summed E-state index contributed by atoms with van der Waals surface area (Å²) in [6.07, 6.45) is 2.71. The third-order valence-corrected chi connectivity index (χ3v) is 4.91. The Kier molecular flexibility index (Phi) is 7.08. The van der Waals surface area contributed by atoms with Crippen LogP contribution in [0.3, 0.4) is 0 Å². The number of aliphatic hydroxyl groups excluding tert-OH is 1. The summed E-state index contributed by atoms with van der Waals surface area (Å²) in [5, 5.41) is 9.47. The summed E-state index contributed by atoms with van der Waals surface area (Å²) < 4.78 is 16.2. The molecule has 1 aliphatic rings. The van der Waals surface area contributed by atoms with Gasteiger partial charge in [-0.1, -0.05) is 6.92 Å². The molecule has 25 heavy (non-hydrogen) atoms. The second-order valence-electron chi connectivity index (χ2n) is 6.36. The fourth-order valence-corrected chi connectivity index (χ4v) is 3.61. The number of likely N-dealkylation sites (tertiary alicyclic amines) is 1. The highest BCUT2D eigenvalue weighted by Crippen LogP contribution is 2.40. The number of hydrogen-bond acceptors (Lipinski definition) is 6. The molecule has 2 rings (SSSR count). The molecule has 1 N–H and O–H groups in total. The molecule has 1 saturated heterocycles. The van der Waals surface area contributed by atoms with E-state index in [1.54, 1.807) is 19.2 Å². The van der Waals surface area contributed by atoms with Crippen LogP contribution in [0.1, 0.15) is 36.5 Å². The SMILES string of the molecule is CCC(C(=O)c1ccc(OC)c(OC)c1OC)N1CCCC(CO)C1. The molecule has 1 heterocycles. The highest BCUT2D eigenvalue weighted by Gasteiger charge is 2.32. The van der Waals surface area contributed by atoms with Crippen molar-refractivity contribution in [2.45, 2.75) is 32.2 Å². The van der Waals surface area contributed by atoms with Crippen molar-refractivity contribution in [3.63, 3.8) is 0 Å². The van der Waals surface area contributed by atoms with Gasteiger partial charge in [0.05, 0.1) is 32.9 Å². The molecule has 2 atom stereocenters. The maximum Gasteiger partial charge on any atom is 0.204 e. The minimum Gasteiger partial charge on any atom is -0.493 e. The molecule has 0 spiro atoms. The monoisotopic (exact) mass is 351 g/mol. The van der Waals surface area contributed by atoms with Crippen LogP contribution in [0.25, 0.3) is 0 Å². The van der Waals surface area contributed by atoms with E-state index in [-0.39, 0.29) is 24.3 Å². The number of methoxy groups -OCH3 is 3. The molecule has 6 nitrogen and oxygen atoms in total. The quantitative estimate of drug-likeness (QED) is 0.725. The Bertz CT molecular complexity index is 589. The van der Waals surface area contributed by atoms with Gasteiger partial charge in [-0.25, -0.2) is 0 Å². The Balaban J connectivity index is 2.34. The fraction of sp³-hybridized carbons (Fsp3) is 0.632. The molecular weight excluding hydrogens is 322 g/mol. The van der Waals surface area contributed by atoms with Crippen LogP contribution in [-0.4, -0.2) is 62.9 Å². The lowest BCUT2D eigenvalue weighted by Crippen LogP contribution is -2.47. The Morgan fingerprint density at radius 1 is 1.24 bits per heavy atom. The van der Waals surface area contributed by atoms with Crippen LogP contribution in [0.5, 0.6) is 17.2 Å². The molecular formula is C19H29NO5. The van der Waals surface area contributed by atoms with Crippen LogP contribution in [-0.2, 0) is 0 Å². The van der Waals surface area contributed by atoms with E-state index >= 15 is 0 Å². The summed E-state index contributed by atoms with van der Waals surface area (Å²) >= 11 is 0. The van der Waals surface area contributed by atoms with E-state index in [0.717, 1.165) is 25.9 Å². The van der Waals surface area contributed by atoms with E-state index in [1.807, 2.05) is 6.92 Å². The molecule has 1 aromatic rings. The predicted octanol–water partition coefficient (Wildman–Crippen LogP) is 2.38. The Labute approximate surface area is 149 Å². The second kappa shape index (κ2) is 9.06. The molecule has 1 aromatic carbocycles. The zero-order chi connectivity index (χ0) is 18.4. The van der Waals surface area contributed by atoms with Gasteiger partial charge in [-0.05, 0) is 43.9 Å². The van der Waals surface area contributed by atoms with Gasteiger partial charge < -0.3 is 19.3 Å². The molecule has 0 amide bonds. The zero-order valence-corrected chi connectivity index (χ0v) is 15.6. The lowest BCUT2D eigenvalue weighted by Gasteiger charge is -2.36. The summed E-state index contributed by atoms with van der Waals surface area (Å²) in [6, 6.07) is 3.23. The van der Waals surface area contributed by atoms with Crippen molar-refractivity contribution in [1.82, 2.24) is 4.90 Å². The first-order chi connectivity index (χ1) is 12.1. The van der Waals surface area contributed by atoms with Crippen molar-refractivity contribution in [2.24, 2.45) is 5.92 Å². The van der Waals surface area contributed by atoms with Crippen LogP contribution in [0, 0.1) is 5.92 Å². The van der Waals surface area contributed by atoms with E-state index in [4.69, 9.17) is 14.2 Å². The van der Waals surface area contributed by atoms with Gasteiger partial charge in [0.25, 0.3) is 0 Å². The Morgan fingerprint density at radius 3 is 2.52 bits per heavy atom. The van der Waals surface area contributed by atoms with Gasteiger partial charge in [-0.15, -0.1) is 0 Å². The summed E-state index contributed by atoms with van der Waals surface area (Å²) in [4.78, 5) is 15.4. The summed E-state index contributed by atoms with van der Waals surface area (Å²) in [5.41, 5.74) is 0.498. The van der Waals surface area contributed by atoms with Gasteiger partial charge in [0.1, 0.15) is 0 Å². The van der Waals surface area contributed by atoms with E-state index in [1.165, 1.54) is 14.2 Å². The molecule has 2 unspecified atom stereocenters. The van der Waals surface area contributed by atoms with Crippen LogP contribution in [0.4, 0.5) is 0 Å². The van der Waals surface area contributed by atoms with E-state index in [9.17, 15) is 9.90 Å². The Hall–Kier alpha value is -1.79. The van der Waals surface area contributed by atoms with Crippen molar-refractivity contribution in [3.8, 4) is 17.2 Å². The van der Waals surface area contributed by atoms with Gasteiger partial charge in [-0.2, -0.15) is 0 Å². The van der Waals surface area contributed by atoms with Crippen molar-refractivity contribution < 1.29 is 24.1 Å². The summed E-state index contributed by atoms with van der Waals surface area (Å²) in [5.74, 6) is 1.61. The van der Waals surface area contributed by atoms with Crippen molar-refractivity contribution in [2.75, 3.05) is 41.0 Å². The number of rotatable bonds is 8. The summed E-state index contributed by atoms with van der Waals surface area (Å²) in [7, 11) is 4.61. The van der Waals surface area contributed by atoms with Gasteiger partial charge >= 0.3 is 0 Å².